The minimum absolute atomic E-state index is 0.668. The smallest absolute Gasteiger partial charge is 0.123 e. The highest BCUT2D eigenvalue weighted by molar-refractivity contribution is 5.33. The van der Waals surface area contributed by atoms with Gasteiger partial charge in [0.2, 0.25) is 0 Å². The summed E-state index contributed by atoms with van der Waals surface area (Å²) in [5.74, 6) is 1.01. The van der Waals surface area contributed by atoms with E-state index in [1.54, 1.807) is 7.11 Å². The van der Waals surface area contributed by atoms with Crippen molar-refractivity contribution < 1.29 is 4.74 Å². The molecule has 0 spiro atoms. The van der Waals surface area contributed by atoms with Gasteiger partial charge in [0.05, 0.1) is 7.11 Å². The number of para-hydroxylation sites is 1. The van der Waals surface area contributed by atoms with Crippen LogP contribution >= 0.6 is 0 Å². The Kier molecular flexibility index (Phi) is 6.34. The number of hydrogen-bond donors (Lipinski definition) is 1. The quantitative estimate of drug-likeness (QED) is 0.790. The number of hydrogen-bond acceptors (Lipinski definition) is 3. The van der Waals surface area contributed by atoms with Crippen molar-refractivity contribution >= 4 is 0 Å². The third-order valence-corrected chi connectivity index (χ3v) is 4.06. The van der Waals surface area contributed by atoms with Crippen LogP contribution in [0.1, 0.15) is 38.2 Å². The first-order valence-corrected chi connectivity index (χ1v) is 7.91. The number of methoxy groups -OCH3 is 1. The molecule has 0 bridgehead atoms. The Bertz CT molecular complexity index is 388. The van der Waals surface area contributed by atoms with Crippen molar-refractivity contribution in [1.29, 1.82) is 0 Å². The van der Waals surface area contributed by atoms with Crippen LogP contribution in [0.15, 0.2) is 24.3 Å². The van der Waals surface area contributed by atoms with Crippen molar-refractivity contribution in [2.75, 3.05) is 26.7 Å². The molecule has 3 nitrogen and oxygen atoms in total. The Morgan fingerprint density at radius 1 is 1.35 bits per heavy atom. The van der Waals surface area contributed by atoms with Crippen LogP contribution in [-0.2, 0) is 6.54 Å². The number of nitrogens with zero attached hydrogens (tertiary/aromatic N) is 1. The molecule has 0 aromatic heterocycles. The van der Waals surface area contributed by atoms with Gasteiger partial charge in [0.25, 0.3) is 0 Å². The average Bonchev–Trinajstić information content (AvgIpc) is 2.98. The molecule has 1 aliphatic heterocycles. The fraction of sp³-hybridized carbons (Fsp3) is 0.647. The van der Waals surface area contributed by atoms with Crippen LogP contribution < -0.4 is 10.1 Å². The van der Waals surface area contributed by atoms with Gasteiger partial charge >= 0.3 is 0 Å². The second-order valence-electron chi connectivity index (χ2n) is 5.69. The molecule has 1 atom stereocenters. The van der Waals surface area contributed by atoms with Gasteiger partial charge in [0, 0.05) is 24.7 Å². The molecule has 1 aromatic rings. The zero-order valence-corrected chi connectivity index (χ0v) is 12.9. The average molecular weight is 276 g/mol. The van der Waals surface area contributed by atoms with E-state index in [0.717, 1.165) is 18.8 Å². The lowest BCUT2D eigenvalue weighted by atomic mass is 10.1. The van der Waals surface area contributed by atoms with Gasteiger partial charge in [0.15, 0.2) is 0 Å². The summed E-state index contributed by atoms with van der Waals surface area (Å²) in [5.41, 5.74) is 1.30. The Balaban J connectivity index is 1.97. The van der Waals surface area contributed by atoms with Crippen molar-refractivity contribution in [2.45, 2.75) is 45.2 Å². The lowest BCUT2D eigenvalue weighted by molar-refractivity contribution is 0.234. The molecule has 1 aromatic carbocycles. The van der Waals surface area contributed by atoms with Crippen LogP contribution in [0.3, 0.4) is 0 Å². The van der Waals surface area contributed by atoms with Crippen LogP contribution in [0, 0.1) is 0 Å². The topological polar surface area (TPSA) is 24.5 Å². The molecule has 20 heavy (non-hydrogen) atoms. The fourth-order valence-corrected chi connectivity index (χ4v) is 2.92. The molecule has 1 N–H and O–H groups in total. The second-order valence-corrected chi connectivity index (χ2v) is 5.69. The Morgan fingerprint density at radius 3 is 2.90 bits per heavy atom. The summed E-state index contributed by atoms with van der Waals surface area (Å²) in [6, 6.07) is 9.05. The largest absolute Gasteiger partial charge is 0.496 e. The van der Waals surface area contributed by atoms with Crippen molar-refractivity contribution in [1.82, 2.24) is 10.2 Å². The first-order chi connectivity index (χ1) is 9.83. The van der Waals surface area contributed by atoms with Crippen LogP contribution in [0.2, 0.25) is 0 Å². The Morgan fingerprint density at radius 2 is 2.20 bits per heavy atom. The zero-order valence-electron chi connectivity index (χ0n) is 12.9. The third kappa shape index (κ3) is 4.50. The normalized spacial score (nSPS) is 18.6. The van der Waals surface area contributed by atoms with E-state index in [-0.39, 0.29) is 0 Å². The van der Waals surface area contributed by atoms with Crippen molar-refractivity contribution in [3.63, 3.8) is 0 Å². The molecular weight excluding hydrogens is 248 g/mol. The summed E-state index contributed by atoms with van der Waals surface area (Å²) >= 11 is 0. The molecule has 1 heterocycles. The molecule has 0 saturated carbocycles. The number of nitrogens with one attached hydrogen (secondary N) is 1. The molecule has 1 fully saturated rings. The van der Waals surface area contributed by atoms with E-state index in [4.69, 9.17) is 4.74 Å². The van der Waals surface area contributed by atoms with Gasteiger partial charge in [-0.2, -0.15) is 0 Å². The Hall–Kier alpha value is -1.06. The first kappa shape index (κ1) is 15.3. The molecule has 1 aliphatic rings. The zero-order chi connectivity index (χ0) is 14.2. The summed E-state index contributed by atoms with van der Waals surface area (Å²) in [6.07, 6.45) is 5.15. The highest BCUT2D eigenvalue weighted by atomic mass is 16.5. The number of benzene rings is 1. The number of rotatable bonds is 8. The SMILES string of the molecule is CCCCN(Cc1ccccc1OC)CC1CCCN1. The summed E-state index contributed by atoms with van der Waals surface area (Å²) in [5, 5.41) is 3.60. The summed E-state index contributed by atoms with van der Waals surface area (Å²) in [6.45, 7) is 6.75. The maximum atomic E-state index is 5.48. The van der Waals surface area contributed by atoms with Crippen LogP contribution in [0.5, 0.6) is 5.75 Å². The van der Waals surface area contributed by atoms with E-state index in [2.05, 4.69) is 35.3 Å². The maximum absolute atomic E-state index is 5.48. The van der Waals surface area contributed by atoms with Gasteiger partial charge in [-0.05, 0) is 38.4 Å². The van der Waals surface area contributed by atoms with E-state index in [1.165, 1.54) is 44.3 Å². The molecule has 1 unspecified atom stereocenters. The van der Waals surface area contributed by atoms with Crippen LogP contribution in [-0.4, -0.2) is 37.7 Å². The molecule has 112 valence electrons. The fourth-order valence-electron chi connectivity index (χ4n) is 2.92. The molecule has 0 radical (unpaired) electrons. The summed E-state index contributed by atoms with van der Waals surface area (Å²) in [4.78, 5) is 2.57. The molecule has 3 heteroatoms. The monoisotopic (exact) mass is 276 g/mol. The van der Waals surface area contributed by atoms with Gasteiger partial charge in [-0.25, -0.2) is 0 Å². The highest BCUT2D eigenvalue weighted by Crippen LogP contribution is 2.20. The standard InChI is InChI=1S/C17H28N2O/c1-3-4-12-19(14-16-9-7-11-18-16)13-15-8-5-6-10-17(15)20-2/h5-6,8,10,16,18H,3-4,7,9,11-14H2,1-2H3. The second kappa shape index (κ2) is 8.28. The van der Waals surface area contributed by atoms with Crippen molar-refractivity contribution in [3.05, 3.63) is 29.8 Å². The van der Waals surface area contributed by atoms with Gasteiger partial charge < -0.3 is 10.1 Å². The van der Waals surface area contributed by atoms with Crippen LogP contribution in [0.4, 0.5) is 0 Å². The Labute approximate surface area is 123 Å². The van der Waals surface area contributed by atoms with E-state index >= 15 is 0 Å². The van der Waals surface area contributed by atoms with E-state index in [9.17, 15) is 0 Å². The van der Waals surface area contributed by atoms with Gasteiger partial charge in [-0.15, -0.1) is 0 Å². The third-order valence-electron chi connectivity index (χ3n) is 4.06. The predicted octanol–water partition coefficient (Wildman–Crippen LogP) is 3.05. The number of unbranched alkanes of at least 4 members (excludes halogenated alkanes) is 1. The van der Waals surface area contributed by atoms with E-state index in [0.29, 0.717) is 6.04 Å². The number of ether oxygens (including phenoxy) is 1. The van der Waals surface area contributed by atoms with Gasteiger partial charge in [-0.3, -0.25) is 4.90 Å². The summed E-state index contributed by atoms with van der Waals surface area (Å²) < 4.78 is 5.48. The lowest BCUT2D eigenvalue weighted by Gasteiger charge is -2.26. The molecule has 0 aliphatic carbocycles. The lowest BCUT2D eigenvalue weighted by Crippen LogP contribution is -2.37. The predicted molar refractivity (Wildman–Crippen MR) is 84.2 cm³/mol. The van der Waals surface area contributed by atoms with Crippen molar-refractivity contribution in [3.8, 4) is 5.75 Å². The van der Waals surface area contributed by atoms with E-state index < -0.39 is 0 Å². The minimum Gasteiger partial charge on any atom is -0.496 e. The first-order valence-electron chi connectivity index (χ1n) is 7.91. The van der Waals surface area contributed by atoms with Crippen molar-refractivity contribution in [2.24, 2.45) is 0 Å². The molecule has 1 saturated heterocycles. The molecule has 0 amide bonds. The van der Waals surface area contributed by atoms with Gasteiger partial charge in [0.1, 0.15) is 5.75 Å². The molecule has 2 rings (SSSR count). The van der Waals surface area contributed by atoms with Gasteiger partial charge in [-0.1, -0.05) is 31.5 Å². The maximum Gasteiger partial charge on any atom is 0.123 e. The summed E-state index contributed by atoms with van der Waals surface area (Å²) in [7, 11) is 1.76. The minimum atomic E-state index is 0.668. The molecular formula is C17H28N2O. The van der Waals surface area contributed by atoms with E-state index in [1.807, 2.05) is 6.07 Å². The van der Waals surface area contributed by atoms with Crippen LogP contribution in [0.25, 0.3) is 0 Å². The highest BCUT2D eigenvalue weighted by Gasteiger charge is 2.18.